The van der Waals surface area contributed by atoms with Gasteiger partial charge in [-0.1, -0.05) is 68.4 Å². The molecule has 1 fully saturated rings. The molecule has 6 rings (SSSR count). The van der Waals surface area contributed by atoms with Gasteiger partial charge in [-0.2, -0.15) is 0 Å². The lowest BCUT2D eigenvalue weighted by atomic mass is 10.00. The minimum atomic E-state index is -0.773. The fraction of sp³-hybridized carbons (Fsp3) is 0.395. The van der Waals surface area contributed by atoms with Crippen molar-refractivity contribution < 1.29 is 19.1 Å². The summed E-state index contributed by atoms with van der Waals surface area (Å²) >= 11 is 1.35. The van der Waals surface area contributed by atoms with Crippen LogP contribution in [0.4, 0.5) is 10.8 Å². The highest BCUT2D eigenvalue weighted by atomic mass is 32.1. The van der Waals surface area contributed by atoms with Crippen LogP contribution in [0.15, 0.2) is 84.4 Å². The molecule has 0 radical (unpaired) electrons. The molecule has 2 amide bonds. The van der Waals surface area contributed by atoms with E-state index < -0.39 is 6.04 Å². The average molecular weight is 668 g/mol. The molecule has 2 aliphatic rings. The Kier molecular flexibility index (Phi) is 11.5. The van der Waals surface area contributed by atoms with Crippen LogP contribution in [0.1, 0.15) is 47.8 Å². The average Bonchev–Trinajstić information content (AvgIpc) is 3.74. The van der Waals surface area contributed by atoms with Crippen molar-refractivity contribution >= 4 is 34.0 Å². The summed E-state index contributed by atoms with van der Waals surface area (Å²) in [6.45, 7) is 12.5. The number of aromatic nitrogens is 1. The van der Waals surface area contributed by atoms with Gasteiger partial charge in [-0.15, -0.1) is 11.3 Å². The number of carbonyl (C=O) groups excluding carboxylic acids is 2. The lowest BCUT2D eigenvalue weighted by Gasteiger charge is -2.36. The Bertz CT molecular complexity index is 1620. The highest BCUT2D eigenvalue weighted by Gasteiger charge is 2.38. The SMILES string of the molecule is CC(C)CCOCCOCCN1CCN(c2ccc(-c3ccc4c(c3)C(=O)N(C(C(=O)Nc3nccs3)c3ccccc3)C4)cc2)CC1. The van der Waals surface area contributed by atoms with Gasteiger partial charge in [-0.25, -0.2) is 4.98 Å². The van der Waals surface area contributed by atoms with Crippen molar-refractivity contribution in [3.63, 3.8) is 0 Å². The van der Waals surface area contributed by atoms with E-state index in [0.29, 0.717) is 36.4 Å². The zero-order valence-electron chi connectivity index (χ0n) is 27.8. The highest BCUT2D eigenvalue weighted by molar-refractivity contribution is 7.13. The van der Waals surface area contributed by atoms with Crippen LogP contribution < -0.4 is 10.2 Å². The van der Waals surface area contributed by atoms with Crippen LogP contribution >= 0.6 is 11.3 Å². The topological polar surface area (TPSA) is 87.2 Å². The molecule has 252 valence electrons. The Morgan fingerprint density at radius 3 is 2.33 bits per heavy atom. The van der Waals surface area contributed by atoms with Gasteiger partial charge < -0.3 is 19.3 Å². The van der Waals surface area contributed by atoms with Crippen molar-refractivity contribution in [1.29, 1.82) is 0 Å². The number of ether oxygens (including phenoxy) is 2. The van der Waals surface area contributed by atoms with Gasteiger partial charge >= 0.3 is 0 Å². The lowest BCUT2D eigenvalue weighted by molar-refractivity contribution is -0.120. The Morgan fingerprint density at radius 2 is 1.62 bits per heavy atom. The quantitative estimate of drug-likeness (QED) is 0.148. The van der Waals surface area contributed by atoms with Crippen LogP contribution in [0.5, 0.6) is 0 Å². The van der Waals surface area contributed by atoms with Gasteiger partial charge in [-0.05, 0) is 52.8 Å². The third-order valence-electron chi connectivity index (χ3n) is 8.98. The van der Waals surface area contributed by atoms with Gasteiger partial charge in [0.15, 0.2) is 5.13 Å². The molecule has 10 heteroatoms. The fourth-order valence-corrected chi connectivity index (χ4v) is 6.74. The lowest BCUT2D eigenvalue weighted by Crippen LogP contribution is -2.47. The third kappa shape index (κ3) is 8.49. The predicted molar refractivity (Wildman–Crippen MR) is 191 cm³/mol. The molecule has 0 spiro atoms. The molecule has 1 saturated heterocycles. The minimum absolute atomic E-state index is 0.148. The fourth-order valence-electron chi connectivity index (χ4n) is 6.21. The molecule has 0 aliphatic carbocycles. The standard InChI is InChI=1S/C38H45N5O4S/c1-28(2)14-21-46-23-24-47-22-20-41-16-18-42(19-17-41)33-12-10-29(11-13-33)31-8-9-32-27-43(37(45)34(32)26-31)35(30-6-4-3-5-7-30)36(44)40-38-39-15-25-48-38/h3-13,15,25-26,28,35H,14,16-24,27H2,1-2H3,(H,39,40,44). The second-order valence-corrected chi connectivity index (χ2v) is 13.6. The zero-order valence-corrected chi connectivity index (χ0v) is 28.7. The molecular weight excluding hydrogens is 623 g/mol. The Hall–Kier alpha value is -4.09. The molecule has 1 atom stereocenters. The maximum absolute atomic E-state index is 13.9. The van der Waals surface area contributed by atoms with Crippen molar-refractivity contribution in [3.8, 4) is 11.1 Å². The molecule has 48 heavy (non-hydrogen) atoms. The summed E-state index contributed by atoms with van der Waals surface area (Å²) in [7, 11) is 0. The summed E-state index contributed by atoms with van der Waals surface area (Å²) < 4.78 is 11.4. The summed E-state index contributed by atoms with van der Waals surface area (Å²) in [5.41, 5.74) is 5.55. The number of hydrogen-bond acceptors (Lipinski definition) is 8. The first-order valence-electron chi connectivity index (χ1n) is 16.9. The van der Waals surface area contributed by atoms with Crippen molar-refractivity contribution in [1.82, 2.24) is 14.8 Å². The molecule has 1 unspecified atom stereocenters. The van der Waals surface area contributed by atoms with Crippen LogP contribution in [0, 0.1) is 5.92 Å². The minimum Gasteiger partial charge on any atom is -0.379 e. The summed E-state index contributed by atoms with van der Waals surface area (Å²) in [4.78, 5) is 38.1. The molecule has 3 aromatic carbocycles. The van der Waals surface area contributed by atoms with Crippen molar-refractivity contribution in [3.05, 3.63) is 101 Å². The second-order valence-electron chi connectivity index (χ2n) is 12.7. The molecule has 0 bridgehead atoms. The van der Waals surface area contributed by atoms with Crippen LogP contribution in [-0.2, 0) is 20.8 Å². The molecule has 3 heterocycles. The van der Waals surface area contributed by atoms with Gasteiger partial charge in [0.2, 0.25) is 0 Å². The number of rotatable bonds is 15. The Balaban J connectivity index is 1.03. The number of amides is 2. The first-order chi connectivity index (χ1) is 23.5. The van der Waals surface area contributed by atoms with E-state index in [1.165, 1.54) is 17.0 Å². The number of piperazine rings is 1. The van der Waals surface area contributed by atoms with E-state index in [2.05, 4.69) is 64.3 Å². The smallest absolute Gasteiger partial charge is 0.255 e. The second kappa shape index (κ2) is 16.3. The monoisotopic (exact) mass is 667 g/mol. The van der Waals surface area contributed by atoms with E-state index in [4.69, 9.17) is 9.47 Å². The largest absolute Gasteiger partial charge is 0.379 e. The van der Waals surface area contributed by atoms with Crippen LogP contribution in [0.25, 0.3) is 11.1 Å². The molecule has 9 nitrogen and oxygen atoms in total. The Morgan fingerprint density at radius 1 is 0.896 bits per heavy atom. The number of anilines is 2. The molecular formula is C38H45N5O4S. The van der Waals surface area contributed by atoms with Crippen LogP contribution in [0.2, 0.25) is 0 Å². The van der Waals surface area contributed by atoms with Crippen LogP contribution in [-0.4, -0.2) is 85.7 Å². The van der Waals surface area contributed by atoms with Crippen molar-refractivity contribution in [2.45, 2.75) is 32.9 Å². The van der Waals surface area contributed by atoms with E-state index in [9.17, 15) is 9.59 Å². The van der Waals surface area contributed by atoms with Crippen molar-refractivity contribution in [2.24, 2.45) is 5.92 Å². The summed E-state index contributed by atoms with van der Waals surface area (Å²) in [5.74, 6) is 0.244. The zero-order chi connectivity index (χ0) is 33.3. The summed E-state index contributed by atoms with van der Waals surface area (Å²) in [6, 6.07) is 23.3. The molecule has 1 aromatic heterocycles. The van der Waals surface area contributed by atoms with E-state index in [-0.39, 0.29) is 11.8 Å². The maximum atomic E-state index is 13.9. The number of thiazole rings is 1. The number of hydrogen-bond donors (Lipinski definition) is 1. The number of nitrogens with one attached hydrogen (secondary N) is 1. The number of benzene rings is 3. The Labute approximate surface area is 287 Å². The highest BCUT2D eigenvalue weighted by Crippen LogP contribution is 2.35. The maximum Gasteiger partial charge on any atom is 0.255 e. The van der Waals surface area contributed by atoms with Gasteiger partial charge in [0.05, 0.1) is 19.8 Å². The van der Waals surface area contributed by atoms with Crippen LogP contribution in [0.3, 0.4) is 0 Å². The molecule has 2 aliphatic heterocycles. The molecule has 1 N–H and O–H groups in total. The third-order valence-corrected chi connectivity index (χ3v) is 9.67. The van der Waals surface area contributed by atoms with E-state index in [1.54, 1.807) is 11.1 Å². The first-order valence-corrected chi connectivity index (χ1v) is 17.8. The number of carbonyl (C=O) groups is 2. The predicted octanol–water partition coefficient (Wildman–Crippen LogP) is 6.35. The van der Waals surface area contributed by atoms with Gasteiger partial charge in [-0.3, -0.25) is 19.8 Å². The van der Waals surface area contributed by atoms with Crippen molar-refractivity contribution in [2.75, 3.05) is 69.4 Å². The van der Waals surface area contributed by atoms with Gasteiger partial charge in [0, 0.05) is 68.7 Å². The van der Waals surface area contributed by atoms with Gasteiger partial charge in [0.1, 0.15) is 6.04 Å². The summed E-state index contributed by atoms with van der Waals surface area (Å²) in [5, 5.41) is 5.22. The van der Waals surface area contributed by atoms with E-state index >= 15 is 0 Å². The molecule has 0 saturated carbocycles. The number of fused-ring (bicyclic) bond motifs is 1. The molecule has 4 aromatic rings. The first kappa shape index (κ1) is 33.8. The van der Waals surface area contributed by atoms with E-state index in [0.717, 1.165) is 74.6 Å². The number of nitrogens with zero attached hydrogens (tertiary/aromatic N) is 4. The van der Waals surface area contributed by atoms with Gasteiger partial charge in [0.25, 0.3) is 11.8 Å². The van der Waals surface area contributed by atoms with E-state index in [1.807, 2.05) is 47.8 Å². The summed E-state index contributed by atoms with van der Waals surface area (Å²) in [6.07, 6.45) is 2.74. The normalized spacial score (nSPS) is 15.6.